The number of aromatic nitrogens is 3. The van der Waals surface area contributed by atoms with E-state index in [-0.39, 0.29) is 5.56 Å². The molecule has 0 atom stereocenters. The fourth-order valence-electron chi connectivity index (χ4n) is 3.01. The number of nitrogens with zero attached hydrogens (tertiary/aromatic N) is 2. The normalized spacial score (nSPS) is 12.1. The number of halogens is 4. The van der Waals surface area contributed by atoms with E-state index in [1.165, 1.54) is 30.9 Å². The van der Waals surface area contributed by atoms with Crippen molar-refractivity contribution in [2.45, 2.75) is 11.1 Å². The number of ketones is 1. The first kappa shape index (κ1) is 21.4. The first-order chi connectivity index (χ1) is 15.1. The maximum atomic E-state index is 15.0. The minimum atomic E-state index is -4.63. The molecule has 0 aliphatic carbocycles. The Morgan fingerprint density at radius 2 is 1.75 bits per heavy atom. The van der Waals surface area contributed by atoms with Crippen molar-refractivity contribution in [2.24, 2.45) is 0 Å². The fraction of sp³-hybridized carbons (Fsp3) is 0.0500. The van der Waals surface area contributed by atoms with Crippen LogP contribution in [0.1, 0.15) is 21.5 Å². The average molecular weight is 464 g/mol. The molecule has 32 heavy (non-hydrogen) atoms. The zero-order chi connectivity index (χ0) is 23.1. The van der Waals surface area contributed by atoms with Crippen LogP contribution in [0.25, 0.3) is 11.0 Å². The molecule has 2 N–H and O–H groups in total. The number of fused-ring (bicyclic) bond motifs is 1. The Balaban J connectivity index is 1.66. The van der Waals surface area contributed by atoms with Crippen LogP contribution < -0.4 is 4.72 Å². The summed E-state index contributed by atoms with van der Waals surface area (Å²) in [4.78, 5) is 22.9. The molecule has 2 aromatic heterocycles. The second-order valence-corrected chi connectivity index (χ2v) is 8.29. The van der Waals surface area contributed by atoms with Crippen molar-refractivity contribution in [1.82, 2.24) is 15.0 Å². The molecular weight excluding hydrogens is 452 g/mol. The summed E-state index contributed by atoms with van der Waals surface area (Å²) >= 11 is 0. The van der Waals surface area contributed by atoms with Crippen LogP contribution in [-0.4, -0.2) is 29.2 Å². The van der Waals surface area contributed by atoms with Crippen LogP contribution in [0.5, 0.6) is 0 Å². The van der Waals surface area contributed by atoms with Gasteiger partial charge in [0.2, 0.25) is 0 Å². The molecule has 0 spiro atoms. The van der Waals surface area contributed by atoms with Crippen LogP contribution in [0.2, 0.25) is 0 Å². The number of benzene rings is 2. The largest absolute Gasteiger partial charge is 0.416 e. The standard InChI is InChI=1S/C20H12F4N4O3S/c21-17-13(18(29)14-9-26-19-15(14)8-25-10-27-19)2-1-3-16(17)28-32(30,31)12-6-4-11(5-7-12)20(22,23)24/h1-10,28H,(H,25,26,27). The van der Waals surface area contributed by atoms with Crippen molar-refractivity contribution in [2.75, 3.05) is 4.72 Å². The second-order valence-electron chi connectivity index (χ2n) is 6.61. The van der Waals surface area contributed by atoms with Crippen LogP contribution in [0.4, 0.5) is 23.2 Å². The van der Waals surface area contributed by atoms with E-state index in [9.17, 15) is 26.4 Å². The second kappa shape index (κ2) is 7.71. The molecule has 0 radical (unpaired) electrons. The molecule has 0 unspecified atom stereocenters. The lowest BCUT2D eigenvalue weighted by molar-refractivity contribution is -0.137. The highest BCUT2D eigenvalue weighted by Gasteiger charge is 2.31. The van der Waals surface area contributed by atoms with Gasteiger partial charge >= 0.3 is 6.18 Å². The van der Waals surface area contributed by atoms with Gasteiger partial charge < -0.3 is 4.98 Å². The number of alkyl halides is 3. The molecule has 0 fully saturated rings. The van der Waals surface area contributed by atoms with Crippen molar-refractivity contribution >= 4 is 32.5 Å². The molecule has 0 saturated heterocycles. The van der Waals surface area contributed by atoms with Crippen molar-refractivity contribution in [3.63, 3.8) is 0 Å². The Bertz CT molecular complexity index is 1430. The number of nitrogens with one attached hydrogen (secondary N) is 2. The van der Waals surface area contributed by atoms with Crippen LogP contribution >= 0.6 is 0 Å². The third-order valence-electron chi connectivity index (χ3n) is 4.58. The van der Waals surface area contributed by atoms with E-state index in [0.717, 1.165) is 18.2 Å². The van der Waals surface area contributed by atoms with Crippen molar-refractivity contribution in [3.8, 4) is 0 Å². The van der Waals surface area contributed by atoms with Gasteiger partial charge in [-0.05, 0) is 36.4 Å². The molecule has 0 aliphatic heterocycles. The first-order valence-electron chi connectivity index (χ1n) is 8.88. The highest BCUT2D eigenvalue weighted by atomic mass is 32.2. The first-order valence-corrected chi connectivity index (χ1v) is 10.4. The number of H-pyrrole nitrogens is 1. The lowest BCUT2D eigenvalue weighted by atomic mass is 10.0. The molecule has 7 nitrogen and oxygen atoms in total. The van der Waals surface area contributed by atoms with Gasteiger partial charge in [-0.25, -0.2) is 22.8 Å². The number of carbonyl (C=O) groups excluding carboxylic acids is 1. The van der Waals surface area contributed by atoms with Gasteiger partial charge in [0.1, 0.15) is 12.0 Å². The molecule has 4 aromatic rings. The van der Waals surface area contributed by atoms with Crippen molar-refractivity contribution in [3.05, 3.63) is 83.7 Å². The molecule has 164 valence electrons. The topological polar surface area (TPSA) is 105 Å². The van der Waals surface area contributed by atoms with E-state index in [2.05, 4.69) is 15.0 Å². The number of hydrogen-bond acceptors (Lipinski definition) is 5. The predicted octanol–water partition coefficient (Wildman–Crippen LogP) is 4.15. The van der Waals surface area contributed by atoms with Gasteiger partial charge in [0.25, 0.3) is 10.0 Å². The summed E-state index contributed by atoms with van der Waals surface area (Å²) in [6, 6.07) is 6.25. The zero-order valence-corrected chi connectivity index (χ0v) is 16.6. The average Bonchev–Trinajstić information content (AvgIpc) is 3.18. The minimum absolute atomic E-state index is 0.0854. The molecular formula is C20H12F4N4O3S. The number of aromatic amines is 1. The number of carbonyl (C=O) groups is 1. The maximum Gasteiger partial charge on any atom is 0.416 e. The summed E-state index contributed by atoms with van der Waals surface area (Å²) in [5.41, 5.74) is -1.53. The predicted molar refractivity (Wildman–Crippen MR) is 106 cm³/mol. The Labute approximate surface area is 178 Å². The number of anilines is 1. The van der Waals surface area contributed by atoms with E-state index in [1.807, 2.05) is 4.72 Å². The zero-order valence-electron chi connectivity index (χ0n) is 15.8. The van der Waals surface area contributed by atoms with Gasteiger partial charge in [0.05, 0.1) is 27.3 Å². The van der Waals surface area contributed by atoms with E-state index in [0.29, 0.717) is 23.2 Å². The van der Waals surface area contributed by atoms with E-state index in [4.69, 9.17) is 0 Å². The minimum Gasteiger partial charge on any atom is -0.345 e. The highest BCUT2D eigenvalue weighted by Crippen LogP contribution is 2.30. The van der Waals surface area contributed by atoms with E-state index >= 15 is 4.39 Å². The number of hydrogen-bond donors (Lipinski definition) is 2. The van der Waals surface area contributed by atoms with Crippen LogP contribution in [-0.2, 0) is 16.2 Å². The summed E-state index contributed by atoms with van der Waals surface area (Å²) in [5, 5.41) is 0.354. The molecule has 4 rings (SSSR count). The van der Waals surface area contributed by atoms with E-state index < -0.39 is 49.5 Å². The Morgan fingerprint density at radius 3 is 2.44 bits per heavy atom. The summed E-state index contributed by atoms with van der Waals surface area (Å²) in [6.07, 6.45) is -0.657. The molecule has 0 saturated carbocycles. The highest BCUT2D eigenvalue weighted by molar-refractivity contribution is 7.92. The van der Waals surface area contributed by atoms with Gasteiger partial charge in [-0.2, -0.15) is 13.2 Å². The van der Waals surface area contributed by atoms with Gasteiger partial charge in [-0.3, -0.25) is 9.52 Å². The summed E-state index contributed by atoms with van der Waals surface area (Å²) in [6.45, 7) is 0. The molecule has 0 amide bonds. The lowest BCUT2D eigenvalue weighted by Gasteiger charge is -2.12. The van der Waals surface area contributed by atoms with Gasteiger partial charge in [-0.1, -0.05) is 6.07 Å². The van der Waals surface area contributed by atoms with Crippen LogP contribution in [0.3, 0.4) is 0 Å². The molecule has 0 aliphatic rings. The fourth-order valence-corrected chi connectivity index (χ4v) is 4.07. The smallest absolute Gasteiger partial charge is 0.345 e. The monoisotopic (exact) mass is 464 g/mol. The van der Waals surface area contributed by atoms with Crippen LogP contribution in [0.15, 0.2) is 66.1 Å². The van der Waals surface area contributed by atoms with Crippen LogP contribution in [0, 0.1) is 5.82 Å². The third kappa shape index (κ3) is 3.91. The lowest BCUT2D eigenvalue weighted by Crippen LogP contribution is -2.16. The third-order valence-corrected chi connectivity index (χ3v) is 5.96. The summed E-state index contributed by atoms with van der Waals surface area (Å²) in [5.74, 6) is -1.88. The molecule has 2 aromatic carbocycles. The molecule has 12 heteroatoms. The van der Waals surface area contributed by atoms with E-state index in [1.54, 1.807) is 0 Å². The van der Waals surface area contributed by atoms with Gasteiger partial charge in [0, 0.05) is 17.8 Å². The summed E-state index contributed by atoms with van der Waals surface area (Å²) in [7, 11) is -4.42. The van der Waals surface area contributed by atoms with Gasteiger partial charge in [0.15, 0.2) is 11.6 Å². The Hall–Kier alpha value is -3.80. The van der Waals surface area contributed by atoms with Crippen molar-refractivity contribution < 1.29 is 30.8 Å². The number of sulfonamides is 1. The Morgan fingerprint density at radius 1 is 1.03 bits per heavy atom. The Kier molecular flexibility index (Phi) is 5.17. The maximum absolute atomic E-state index is 15.0. The molecule has 0 bridgehead atoms. The quantitative estimate of drug-likeness (QED) is 0.341. The SMILES string of the molecule is O=C(c1cccc(NS(=O)(=O)c2ccc(C(F)(F)F)cc2)c1F)c1c[nH]c2ncncc12. The molecule has 2 heterocycles. The van der Waals surface area contributed by atoms with Crippen molar-refractivity contribution in [1.29, 1.82) is 0 Å². The summed E-state index contributed by atoms with van der Waals surface area (Å²) < 4.78 is 80.2. The number of rotatable bonds is 5. The van der Waals surface area contributed by atoms with Gasteiger partial charge in [-0.15, -0.1) is 0 Å².